The number of rotatable bonds is 8. The van der Waals surface area contributed by atoms with Gasteiger partial charge in [0.2, 0.25) is 0 Å². The Morgan fingerprint density at radius 1 is 1.41 bits per heavy atom. The first-order valence-corrected chi connectivity index (χ1v) is 7.32. The summed E-state index contributed by atoms with van der Waals surface area (Å²) in [6.07, 6.45) is 0.753. The average Bonchev–Trinajstić information content (AvgIpc) is 2.44. The Hall–Kier alpha value is -1.17. The minimum atomic E-state index is -0.238. The van der Waals surface area contributed by atoms with E-state index in [2.05, 4.69) is 19.2 Å². The molecular formula is C15H24Cl2N2O3. The number of ether oxygens (including phenoxy) is 2. The zero-order valence-electron chi connectivity index (χ0n) is 13.1. The number of hydrogen-bond donors (Lipinski definition) is 2. The van der Waals surface area contributed by atoms with Gasteiger partial charge in [-0.15, -0.1) is 12.4 Å². The molecule has 5 nitrogen and oxygen atoms in total. The monoisotopic (exact) mass is 350 g/mol. The zero-order chi connectivity index (χ0) is 15.8. The molecule has 0 spiro atoms. The summed E-state index contributed by atoms with van der Waals surface area (Å²) in [6, 6.07) is 3.06. The molecule has 0 saturated carbocycles. The van der Waals surface area contributed by atoms with Crippen LogP contribution < -0.4 is 15.8 Å². The summed E-state index contributed by atoms with van der Waals surface area (Å²) in [4.78, 5) is 12.1. The van der Waals surface area contributed by atoms with Crippen molar-refractivity contribution in [3.05, 3.63) is 22.7 Å². The molecule has 1 amide bonds. The number of benzene rings is 1. The van der Waals surface area contributed by atoms with E-state index < -0.39 is 0 Å². The molecule has 0 fully saturated rings. The summed E-state index contributed by atoms with van der Waals surface area (Å²) in [7, 11) is 1.49. The summed E-state index contributed by atoms with van der Waals surface area (Å²) in [5, 5.41) is 3.14. The second kappa shape index (κ2) is 10.5. The van der Waals surface area contributed by atoms with Crippen molar-refractivity contribution in [3.63, 3.8) is 0 Å². The van der Waals surface area contributed by atoms with Gasteiger partial charge < -0.3 is 20.5 Å². The molecule has 0 aliphatic carbocycles. The number of nitrogens with one attached hydrogen (secondary N) is 1. The molecule has 22 heavy (non-hydrogen) atoms. The number of halogens is 2. The number of anilines is 1. The van der Waals surface area contributed by atoms with E-state index in [0.29, 0.717) is 41.1 Å². The molecule has 0 radical (unpaired) electrons. The molecule has 1 aromatic carbocycles. The van der Waals surface area contributed by atoms with Gasteiger partial charge in [-0.25, -0.2) is 0 Å². The molecule has 1 rings (SSSR count). The molecule has 0 bridgehead atoms. The van der Waals surface area contributed by atoms with Crippen molar-refractivity contribution in [1.82, 2.24) is 5.32 Å². The van der Waals surface area contributed by atoms with Crippen LogP contribution >= 0.6 is 24.0 Å². The summed E-state index contributed by atoms with van der Waals surface area (Å²) < 4.78 is 10.6. The Balaban J connectivity index is 0.00000441. The largest absolute Gasteiger partial charge is 0.496 e. The fraction of sp³-hybridized carbons (Fsp3) is 0.533. The Labute approximate surface area is 142 Å². The molecule has 0 aliphatic rings. The molecule has 0 atom stereocenters. The molecule has 1 aromatic rings. The summed E-state index contributed by atoms with van der Waals surface area (Å²) in [5.74, 6) is 0.684. The first-order valence-electron chi connectivity index (χ1n) is 6.94. The predicted molar refractivity (Wildman–Crippen MR) is 92.3 cm³/mol. The zero-order valence-corrected chi connectivity index (χ0v) is 14.7. The number of amides is 1. The SMILES string of the molecule is COc1cc(N)c(Cl)cc1C(=O)NCCCOCC(C)C.Cl. The van der Waals surface area contributed by atoms with Crippen LogP contribution in [-0.4, -0.2) is 32.8 Å². The summed E-state index contributed by atoms with van der Waals surface area (Å²) in [6.45, 7) is 6.08. The lowest BCUT2D eigenvalue weighted by molar-refractivity contribution is 0.0922. The molecular weight excluding hydrogens is 327 g/mol. The quantitative estimate of drug-likeness (QED) is 0.557. The minimum absolute atomic E-state index is 0. The topological polar surface area (TPSA) is 73.6 Å². The third kappa shape index (κ3) is 6.73. The van der Waals surface area contributed by atoms with Gasteiger partial charge in [0.15, 0.2) is 0 Å². The smallest absolute Gasteiger partial charge is 0.255 e. The first-order chi connectivity index (χ1) is 9.95. The van der Waals surface area contributed by atoms with Gasteiger partial charge in [-0.2, -0.15) is 0 Å². The fourth-order valence-electron chi connectivity index (χ4n) is 1.71. The van der Waals surface area contributed by atoms with Crippen LogP contribution in [0.4, 0.5) is 5.69 Å². The van der Waals surface area contributed by atoms with Crippen molar-refractivity contribution in [2.24, 2.45) is 5.92 Å². The van der Waals surface area contributed by atoms with E-state index in [9.17, 15) is 4.79 Å². The van der Waals surface area contributed by atoms with E-state index >= 15 is 0 Å². The highest BCUT2D eigenvalue weighted by molar-refractivity contribution is 6.33. The lowest BCUT2D eigenvalue weighted by Crippen LogP contribution is -2.26. The van der Waals surface area contributed by atoms with E-state index in [1.807, 2.05) is 0 Å². The number of nitrogen functional groups attached to an aromatic ring is 1. The molecule has 0 aromatic heterocycles. The van der Waals surface area contributed by atoms with Crippen molar-refractivity contribution in [3.8, 4) is 5.75 Å². The van der Waals surface area contributed by atoms with Crippen LogP contribution in [-0.2, 0) is 4.74 Å². The van der Waals surface area contributed by atoms with Gasteiger partial charge in [-0.05, 0) is 18.4 Å². The number of carbonyl (C=O) groups excluding carboxylic acids is 1. The predicted octanol–water partition coefficient (Wildman–Crippen LogP) is 3.15. The van der Waals surface area contributed by atoms with Crippen LogP contribution in [0, 0.1) is 5.92 Å². The lowest BCUT2D eigenvalue weighted by Gasteiger charge is -2.11. The summed E-state index contributed by atoms with van der Waals surface area (Å²) >= 11 is 5.94. The average molecular weight is 351 g/mol. The maximum absolute atomic E-state index is 12.1. The Morgan fingerprint density at radius 2 is 2.09 bits per heavy atom. The Kier molecular flexibility index (Phi) is 9.98. The van der Waals surface area contributed by atoms with Crippen LogP contribution in [0.25, 0.3) is 0 Å². The number of nitrogens with two attached hydrogens (primary N) is 1. The normalized spacial score (nSPS) is 10.2. The standard InChI is InChI=1S/C15H23ClN2O3.ClH/c1-10(2)9-21-6-4-5-18-15(19)11-7-12(16)13(17)8-14(11)20-3;/h7-8,10H,4-6,9,17H2,1-3H3,(H,18,19);1H. The van der Waals surface area contributed by atoms with Crippen LogP contribution in [0.1, 0.15) is 30.6 Å². The molecule has 0 heterocycles. The fourth-order valence-corrected chi connectivity index (χ4v) is 1.87. The van der Waals surface area contributed by atoms with E-state index in [1.165, 1.54) is 13.2 Å². The van der Waals surface area contributed by atoms with Crippen LogP contribution in [0.15, 0.2) is 12.1 Å². The van der Waals surface area contributed by atoms with Crippen LogP contribution in [0.5, 0.6) is 5.75 Å². The van der Waals surface area contributed by atoms with Crippen molar-refractivity contribution in [2.75, 3.05) is 32.6 Å². The van der Waals surface area contributed by atoms with E-state index in [-0.39, 0.29) is 18.3 Å². The van der Waals surface area contributed by atoms with Gasteiger partial charge in [-0.3, -0.25) is 4.79 Å². The van der Waals surface area contributed by atoms with Crippen molar-refractivity contribution < 1.29 is 14.3 Å². The highest BCUT2D eigenvalue weighted by Gasteiger charge is 2.14. The maximum Gasteiger partial charge on any atom is 0.255 e. The van der Waals surface area contributed by atoms with E-state index in [0.717, 1.165) is 13.0 Å². The Bertz CT molecular complexity index is 482. The first kappa shape index (κ1) is 20.8. The molecule has 0 saturated heterocycles. The van der Waals surface area contributed by atoms with Gasteiger partial charge in [0.25, 0.3) is 5.91 Å². The van der Waals surface area contributed by atoms with Crippen molar-refractivity contribution >= 4 is 35.6 Å². The highest BCUT2D eigenvalue weighted by Crippen LogP contribution is 2.28. The van der Waals surface area contributed by atoms with E-state index in [1.54, 1.807) is 6.07 Å². The second-order valence-corrected chi connectivity index (χ2v) is 5.56. The van der Waals surface area contributed by atoms with Crippen LogP contribution in [0.3, 0.4) is 0 Å². The number of methoxy groups -OCH3 is 1. The molecule has 0 aliphatic heterocycles. The lowest BCUT2D eigenvalue weighted by atomic mass is 10.1. The van der Waals surface area contributed by atoms with Crippen molar-refractivity contribution in [1.29, 1.82) is 0 Å². The molecule has 0 unspecified atom stereocenters. The van der Waals surface area contributed by atoms with Gasteiger partial charge >= 0.3 is 0 Å². The second-order valence-electron chi connectivity index (χ2n) is 5.15. The van der Waals surface area contributed by atoms with Gasteiger partial charge in [0.05, 0.1) is 23.4 Å². The third-order valence-corrected chi connectivity index (χ3v) is 3.09. The van der Waals surface area contributed by atoms with Crippen molar-refractivity contribution in [2.45, 2.75) is 20.3 Å². The summed E-state index contributed by atoms with van der Waals surface area (Å²) in [5.41, 5.74) is 6.44. The molecule has 3 N–H and O–H groups in total. The number of carbonyl (C=O) groups is 1. The molecule has 7 heteroatoms. The van der Waals surface area contributed by atoms with Gasteiger partial charge in [-0.1, -0.05) is 25.4 Å². The highest BCUT2D eigenvalue weighted by atomic mass is 35.5. The Morgan fingerprint density at radius 3 is 2.68 bits per heavy atom. The number of hydrogen-bond acceptors (Lipinski definition) is 4. The minimum Gasteiger partial charge on any atom is -0.496 e. The van der Waals surface area contributed by atoms with E-state index in [4.69, 9.17) is 26.8 Å². The third-order valence-electron chi connectivity index (χ3n) is 2.77. The van der Waals surface area contributed by atoms with Gasteiger partial charge in [0.1, 0.15) is 5.75 Å². The maximum atomic E-state index is 12.1. The molecule has 126 valence electrons. The van der Waals surface area contributed by atoms with Crippen LogP contribution in [0.2, 0.25) is 5.02 Å². The van der Waals surface area contributed by atoms with Gasteiger partial charge in [0, 0.05) is 25.8 Å².